The van der Waals surface area contributed by atoms with Gasteiger partial charge in [-0.1, -0.05) is 6.07 Å². The number of carbonyl (C=O) groups is 3. The summed E-state index contributed by atoms with van der Waals surface area (Å²) < 4.78 is 74.6. The van der Waals surface area contributed by atoms with E-state index in [0.717, 1.165) is 38.2 Å². The number of piperidine rings is 1. The molecule has 3 atom stereocenters. The lowest BCUT2D eigenvalue weighted by molar-refractivity contribution is -0.193. The number of pyridine rings is 1. The van der Waals surface area contributed by atoms with Crippen LogP contribution in [0.15, 0.2) is 47.5 Å². The lowest BCUT2D eigenvalue weighted by atomic mass is 9.83. The molecule has 2 fully saturated rings. The molecule has 0 aromatic carbocycles. The van der Waals surface area contributed by atoms with Crippen LogP contribution in [-0.2, 0) is 32.2 Å². The maximum absolute atomic E-state index is 12.3. The van der Waals surface area contributed by atoms with E-state index in [4.69, 9.17) is 29.0 Å². The van der Waals surface area contributed by atoms with E-state index in [1.807, 2.05) is 24.5 Å². The molecule has 2 aromatic rings. The first kappa shape index (κ1) is 32.6. The maximum Gasteiger partial charge on any atom is 0.490 e. The van der Waals surface area contributed by atoms with E-state index in [1.54, 1.807) is 18.7 Å². The minimum absolute atomic E-state index is 0.0463. The van der Waals surface area contributed by atoms with Gasteiger partial charge in [-0.05, 0) is 36.6 Å². The molecule has 0 unspecified atom stereocenters. The summed E-state index contributed by atoms with van der Waals surface area (Å²) in [4.78, 5) is 36.6. The molecule has 10 nitrogen and oxygen atoms in total. The van der Waals surface area contributed by atoms with Crippen LogP contribution in [0.5, 0.6) is 0 Å². The predicted molar refractivity (Wildman–Crippen MR) is 123 cm³/mol. The molecule has 16 heteroatoms. The molecule has 2 aromatic heterocycles. The molecule has 0 saturated carbocycles. The number of aliphatic carboxylic acids is 2. The fraction of sp³-hybridized carbons (Fsp3) is 0.500. The van der Waals surface area contributed by atoms with Crippen molar-refractivity contribution in [2.45, 2.75) is 44.4 Å². The van der Waals surface area contributed by atoms with Gasteiger partial charge in [-0.15, -0.1) is 0 Å². The molecular weight excluding hydrogens is 556 g/mol. The second-order valence-corrected chi connectivity index (χ2v) is 8.90. The fourth-order valence-corrected chi connectivity index (χ4v) is 4.12. The maximum atomic E-state index is 12.3. The minimum atomic E-state index is -5.08. The van der Waals surface area contributed by atoms with Crippen molar-refractivity contribution in [2.24, 2.45) is 11.8 Å². The van der Waals surface area contributed by atoms with Crippen molar-refractivity contribution < 1.29 is 60.1 Å². The zero-order chi connectivity index (χ0) is 29.9. The molecule has 0 aliphatic carbocycles. The van der Waals surface area contributed by atoms with Crippen LogP contribution in [0.2, 0.25) is 0 Å². The van der Waals surface area contributed by atoms with Gasteiger partial charge in [0.15, 0.2) is 0 Å². The quantitative estimate of drug-likeness (QED) is 0.436. The molecule has 222 valence electrons. The van der Waals surface area contributed by atoms with Crippen LogP contribution in [0.4, 0.5) is 26.3 Å². The van der Waals surface area contributed by atoms with Gasteiger partial charge in [-0.3, -0.25) is 14.7 Å². The average molecular weight is 583 g/mol. The first-order valence-corrected chi connectivity index (χ1v) is 11.8. The lowest BCUT2D eigenvalue weighted by Gasteiger charge is -2.35. The van der Waals surface area contributed by atoms with Gasteiger partial charge in [-0.25, -0.2) is 9.59 Å². The number of carbonyl (C=O) groups excluding carboxylic acids is 1. The Morgan fingerprint density at radius 1 is 1.05 bits per heavy atom. The van der Waals surface area contributed by atoms with Crippen molar-refractivity contribution >= 4 is 17.8 Å². The topological polar surface area (TPSA) is 142 Å². The van der Waals surface area contributed by atoms with Crippen LogP contribution in [0.3, 0.4) is 0 Å². The highest BCUT2D eigenvalue weighted by atomic mass is 19.4. The largest absolute Gasteiger partial charge is 0.490 e. The molecule has 2 aliphatic rings. The molecule has 1 amide bonds. The Morgan fingerprint density at radius 3 is 2.23 bits per heavy atom. The third-order valence-corrected chi connectivity index (χ3v) is 5.95. The van der Waals surface area contributed by atoms with Crippen LogP contribution in [-0.4, -0.2) is 76.1 Å². The standard InChI is InChI=1S/C20H25N3O3.2C2HF3O2/c24-20(22-10-15-2-1-5-21-9-15)8-19-18-3-6-23(12-17(18)14-26-19)11-16-4-7-25-13-16;2*3-2(4,5)1(6)7/h1-2,4-5,7,9,13,17-19H,3,6,8,10-12,14H2,(H,22,24);2*(H,6,7)/t17-,18-,19-;;/m1../s1. The number of aromatic nitrogens is 1. The van der Waals surface area contributed by atoms with Gasteiger partial charge >= 0.3 is 24.3 Å². The summed E-state index contributed by atoms with van der Waals surface area (Å²) in [7, 11) is 0. The highest BCUT2D eigenvalue weighted by Crippen LogP contribution is 2.36. The Labute approximate surface area is 223 Å². The number of furan rings is 1. The summed E-state index contributed by atoms with van der Waals surface area (Å²) in [5, 5.41) is 17.2. The van der Waals surface area contributed by atoms with E-state index in [1.165, 1.54) is 5.56 Å². The molecular formula is C24H27F6N3O7. The first-order valence-electron chi connectivity index (χ1n) is 11.8. The summed E-state index contributed by atoms with van der Waals surface area (Å²) in [6, 6.07) is 5.86. The van der Waals surface area contributed by atoms with E-state index in [9.17, 15) is 31.1 Å². The van der Waals surface area contributed by atoms with Crippen LogP contribution in [0.1, 0.15) is 24.0 Å². The highest BCUT2D eigenvalue weighted by Gasteiger charge is 2.41. The molecule has 0 radical (unpaired) electrons. The third-order valence-electron chi connectivity index (χ3n) is 5.95. The number of likely N-dealkylation sites (tertiary alicyclic amines) is 1. The predicted octanol–water partition coefficient (Wildman–Crippen LogP) is 3.48. The number of carboxylic acids is 2. The molecule has 4 heterocycles. The van der Waals surface area contributed by atoms with Crippen molar-refractivity contribution in [2.75, 3.05) is 19.7 Å². The summed E-state index contributed by atoms with van der Waals surface area (Å²) in [6.45, 7) is 4.28. The van der Waals surface area contributed by atoms with E-state index in [-0.39, 0.29) is 12.0 Å². The molecule has 2 aliphatic heterocycles. The normalized spacial score (nSPS) is 20.7. The highest BCUT2D eigenvalue weighted by molar-refractivity contribution is 5.76. The smallest absolute Gasteiger partial charge is 0.475 e. The van der Waals surface area contributed by atoms with Gasteiger partial charge in [0, 0.05) is 43.5 Å². The number of nitrogens with zero attached hydrogens (tertiary/aromatic N) is 2. The zero-order valence-electron chi connectivity index (χ0n) is 20.8. The Kier molecular flexibility index (Phi) is 11.9. The van der Waals surface area contributed by atoms with Crippen molar-refractivity contribution in [3.05, 3.63) is 54.2 Å². The van der Waals surface area contributed by atoms with E-state index in [0.29, 0.717) is 24.8 Å². The van der Waals surface area contributed by atoms with Gasteiger partial charge in [0.1, 0.15) is 0 Å². The molecule has 2 saturated heterocycles. The van der Waals surface area contributed by atoms with E-state index >= 15 is 0 Å². The van der Waals surface area contributed by atoms with Gasteiger partial charge < -0.3 is 24.7 Å². The number of amides is 1. The number of fused-ring (bicyclic) bond motifs is 1. The number of nitrogens with one attached hydrogen (secondary N) is 1. The number of ether oxygens (including phenoxy) is 1. The molecule has 3 N–H and O–H groups in total. The second kappa shape index (κ2) is 14.6. The molecule has 4 rings (SSSR count). The van der Waals surface area contributed by atoms with Crippen molar-refractivity contribution in [3.63, 3.8) is 0 Å². The van der Waals surface area contributed by atoms with Gasteiger partial charge in [-0.2, -0.15) is 26.3 Å². The molecule has 40 heavy (non-hydrogen) atoms. The SMILES string of the molecule is O=C(C[C@H]1OC[C@H]2CN(Cc3ccoc3)CC[C@H]21)NCc1cccnc1.O=C(O)C(F)(F)F.O=C(O)C(F)(F)F. The second-order valence-electron chi connectivity index (χ2n) is 8.90. The van der Waals surface area contributed by atoms with Gasteiger partial charge in [0.25, 0.3) is 0 Å². The number of halogens is 6. The average Bonchev–Trinajstić information content (AvgIpc) is 3.53. The van der Waals surface area contributed by atoms with Crippen molar-refractivity contribution in [1.29, 1.82) is 0 Å². The summed E-state index contributed by atoms with van der Waals surface area (Å²) in [6.07, 6.45) is -1.54. The number of rotatable bonds is 6. The first-order chi connectivity index (χ1) is 18.7. The fourth-order valence-electron chi connectivity index (χ4n) is 4.12. The van der Waals surface area contributed by atoms with Crippen LogP contribution < -0.4 is 5.32 Å². The van der Waals surface area contributed by atoms with Crippen molar-refractivity contribution in [3.8, 4) is 0 Å². The van der Waals surface area contributed by atoms with E-state index < -0.39 is 24.3 Å². The lowest BCUT2D eigenvalue weighted by Crippen LogP contribution is -2.41. The Hall–Kier alpha value is -3.66. The minimum Gasteiger partial charge on any atom is -0.475 e. The van der Waals surface area contributed by atoms with Crippen molar-refractivity contribution in [1.82, 2.24) is 15.2 Å². The number of hydrogen-bond acceptors (Lipinski definition) is 7. The third kappa shape index (κ3) is 11.2. The van der Waals surface area contributed by atoms with Crippen LogP contribution >= 0.6 is 0 Å². The summed E-state index contributed by atoms with van der Waals surface area (Å²) in [5.41, 5.74) is 2.23. The molecule has 0 bridgehead atoms. The van der Waals surface area contributed by atoms with Gasteiger partial charge in [0.05, 0.1) is 31.7 Å². The number of alkyl halides is 6. The molecule has 0 spiro atoms. The summed E-state index contributed by atoms with van der Waals surface area (Å²) >= 11 is 0. The van der Waals surface area contributed by atoms with Crippen LogP contribution in [0.25, 0.3) is 0 Å². The van der Waals surface area contributed by atoms with Crippen LogP contribution in [0, 0.1) is 11.8 Å². The zero-order valence-corrected chi connectivity index (χ0v) is 20.8. The van der Waals surface area contributed by atoms with Gasteiger partial charge in [0.2, 0.25) is 5.91 Å². The van der Waals surface area contributed by atoms with E-state index in [2.05, 4.69) is 15.2 Å². The monoisotopic (exact) mass is 583 g/mol. The number of carboxylic acid groups (broad SMARTS) is 2. The Balaban J connectivity index is 0.000000333. The summed E-state index contributed by atoms with van der Waals surface area (Å²) in [5.74, 6) is -4.45. The number of hydrogen-bond donors (Lipinski definition) is 3. The Morgan fingerprint density at radius 2 is 1.70 bits per heavy atom. The Bertz CT molecular complexity index is 1060.